The lowest BCUT2D eigenvalue weighted by molar-refractivity contribution is -0.145. The van der Waals surface area contributed by atoms with E-state index < -0.39 is 0 Å². The molecular formula is C25H37N3O3. The Morgan fingerprint density at radius 3 is 2.39 bits per heavy atom. The van der Waals surface area contributed by atoms with Gasteiger partial charge in [-0.2, -0.15) is 0 Å². The van der Waals surface area contributed by atoms with Gasteiger partial charge < -0.3 is 15.0 Å². The first-order valence-corrected chi connectivity index (χ1v) is 12.0. The number of nitrogens with one attached hydrogen (secondary N) is 1. The van der Waals surface area contributed by atoms with Gasteiger partial charge in [-0.15, -0.1) is 0 Å². The maximum Gasteiger partial charge on any atom is 0.237 e. The van der Waals surface area contributed by atoms with Gasteiger partial charge in [0.05, 0.1) is 6.04 Å². The number of carbonyl (C=O) groups excluding carboxylic acids is 2. The van der Waals surface area contributed by atoms with Crippen molar-refractivity contribution in [2.24, 2.45) is 5.41 Å². The SMILES string of the molecule is CNC(=O)[C@@H]1C[C@H](Oc2ccccc2)CN1C1CCN(C(=O)C2(C)CCCCC2)CC1. The summed E-state index contributed by atoms with van der Waals surface area (Å²) in [4.78, 5) is 30.2. The number of benzene rings is 1. The summed E-state index contributed by atoms with van der Waals surface area (Å²) in [5.74, 6) is 1.26. The molecule has 0 aromatic heterocycles. The molecular weight excluding hydrogens is 390 g/mol. The monoisotopic (exact) mass is 427 g/mol. The molecule has 170 valence electrons. The van der Waals surface area contributed by atoms with Crippen LogP contribution in [0.5, 0.6) is 5.75 Å². The second-order valence-electron chi connectivity index (χ2n) is 9.76. The van der Waals surface area contributed by atoms with E-state index in [1.54, 1.807) is 7.05 Å². The van der Waals surface area contributed by atoms with Gasteiger partial charge in [0.25, 0.3) is 0 Å². The number of carbonyl (C=O) groups is 2. The first-order chi connectivity index (χ1) is 15.0. The number of rotatable bonds is 5. The van der Waals surface area contributed by atoms with Gasteiger partial charge in [-0.3, -0.25) is 14.5 Å². The van der Waals surface area contributed by atoms with E-state index in [4.69, 9.17) is 4.74 Å². The van der Waals surface area contributed by atoms with Crippen LogP contribution >= 0.6 is 0 Å². The molecule has 3 fully saturated rings. The number of likely N-dealkylation sites (N-methyl/N-ethyl adjacent to an activating group) is 1. The van der Waals surface area contributed by atoms with Crippen molar-refractivity contribution < 1.29 is 14.3 Å². The minimum atomic E-state index is -0.169. The molecule has 31 heavy (non-hydrogen) atoms. The van der Waals surface area contributed by atoms with Crippen LogP contribution in [0.3, 0.4) is 0 Å². The van der Waals surface area contributed by atoms with Crippen molar-refractivity contribution >= 4 is 11.8 Å². The van der Waals surface area contributed by atoms with E-state index in [0.29, 0.717) is 18.4 Å². The minimum Gasteiger partial charge on any atom is -0.489 e. The Morgan fingerprint density at radius 1 is 1.06 bits per heavy atom. The minimum absolute atomic E-state index is 0.00510. The molecule has 4 rings (SSSR count). The first-order valence-electron chi connectivity index (χ1n) is 12.0. The lowest BCUT2D eigenvalue weighted by Gasteiger charge is -2.42. The Kier molecular flexibility index (Phi) is 6.85. The smallest absolute Gasteiger partial charge is 0.237 e. The van der Waals surface area contributed by atoms with Crippen LogP contribution < -0.4 is 10.1 Å². The highest BCUT2D eigenvalue weighted by molar-refractivity contribution is 5.83. The molecule has 0 radical (unpaired) electrons. The number of hydrogen-bond donors (Lipinski definition) is 1. The maximum absolute atomic E-state index is 13.2. The molecule has 0 bridgehead atoms. The molecule has 6 heteroatoms. The van der Waals surface area contributed by atoms with Crippen LogP contribution in [0.4, 0.5) is 0 Å². The molecule has 3 aliphatic rings. The number of nitrogens with zero attached hydrogens (tertiary/aromatic N) is 2. The van der Waals surface area contributed by atoms with Gasteiger partial charge in [-0.1, -0.05) is 44.4 Å². The largest absolute Gasteiger partial charge is 0.489 e. The number of hydrogen-bond acceptors (Lipinski definition) is 4. The molecule has 0 spiro atoms. The molecule has 1 aliphatic carbocycles. The molecule has 1 aromatic carbocycles. The molecule has 2 aliphatic heterocycles. The molecule has 1 saturated carbocycles. The van der Waals surface area contributed by atoms with Crippen molar-refractivity contribution in [3.05, 3.63) is 30.3 Å². The zero-order valence-corrected chi connectivity index (χ0v) is 19.0. The average Bonchev–Trinajstić information content (AvgIpc) is 3.23. The average molecular weight is 428 g/mol. The van der Waals surface area contributed by atoms with Gasteiger partial charge in [0.15, 0.2) is 0 Å². The normalized spacial score (nSPS) is 27.1. The van der Waals surface area contributed by atoms with E-state index >= 15 is 0 Å². The summed E-state index contributed by atoms with van der Waals surface area (Å²) in [7, 11) is 1.71. The maximum atomic E-state index is 13.2. The number of likely N-dealkylation sites (tertiary alicyclic amines) is 2. The third kappa shape index (κ3) is 4.89. The van der Waals surface area contributed by atoms with Crippen LogP contribution in [0.15, 0.2) is 30.3 Å². The Balaban J connectivity index is 1.37. The molecule has 6 nitrogen and oxygen atoms in total. The number of piperidine rings is 1. The number of ether oxygens (including phenoxy) is 1. The summed E-state index contributed by atoms with van der Waals surface area (Å²) in [5.41, 5.74) is -0.169. The fourth-order valence-electron chi connectivity index (χ4n) is 5.75. The van der Waals surface area contributed by atoms with E-state index in [9.17, 15) is 9.59 Å². The Hall–Kier alpha value is -2.08. The Labute approximate surface area is 186 Å². The van der Waals surface area contributed by atoms with Crippen molar-refractivity contribution in [1.82, 2.24) is 15.1 Å². The molecule has 0 unspecified atom stereocenters. The quantitative estimate of drug-likeness (QED) is 0.784. The molecule has 2 heterocycles. The van der Waals surface area contributed by atoms with Crippen molar-refractivity contribution in [1.29, 1.82) is 0 Å². The Bertz CT molecular complexity index is 755. The van der Waals surface area contributed by atoms with Crippen LogP contribution in [-0.4, -0.2) is 66.5 Å². The molecule has 2 atom stereocenters. The second-order valence-corrected chi connectivity index (χ2v) is 9.76. The summed E-state index contributed by atoms with van der Waals surface area (Å²) in [5, 5.41) is 2.83. The summed E-state index contributed by atoms with van der Waals surface area (Å²) in [6, 6.07) is 10.00. The van der Waals surface area contributed by atoms with Crippen LogP contribution in [0.2, 0.25) is 0 Å². The van der Waals surface area contributed by atoms with Crippen molar-refractivity contribution in [2.45, 2.75) is 76.5 Å². The summed E-state index contributed by atoms with van der Waals surface area (Å²) in [6.07, 6.45) is 8.20. The standard InChI is InChI=1S/C25H37N3O3/c1-25(13-7-4-8-14-25)24(30)27-15-11-19(12-16-27)28-18-21(17-22(28)23(29)26-2)31-20-9-5-3-6-10-20/h3,5-6,9-10,19,21-22H,4,7-8,11-18H2,1-2H3,(H,26,29)/t21-,22-/m0/s1. The highest BCUT2D eigenvalue weighted by Crippen LogP contribution is 2.38. The third-order valence-corrected chi connectivity index (χ3v) is 7.59. The highest BCUT2D eigenvalue weighted by atomic mass is 16.5. The summed E-state index contributed by atoms with van der Waals surface area (Å²) in [6.45, 7) is 4.50. The van der Waals surface area contributed by atoms with Gasteiger partial charge in [-0.05, 0) is 37.8 Å². The van der Waals surface area contributed by atoms with E-state index in [0.717, 1.165) is 51.1 Å². The fourth-order valence-corrected chi connectivity index (χ4v) is 5.75. The predicted molar refractivity (Wildman–Crippen MR) is 121 cm³/mol. The lowest BCUT2D eigenvalue weighted by Crippen LogP contribution is -2.53. The zero-order valence-electron chi connectivity index (χ0n) is 19.0. The van der Waals surface area contributed by atoms with Crippen molar-refractivity contribution in [3.63, 3.8) is 0 Å². The van der Waals surface area contributed by atoms with Crippen LogP contribution in [0.25, 0.3) is 0 Å². The number of amides is 2. The van der Waals surface area contributed by atoms with Gasteiger partial charge in [0, 0.05) is 44.6 Å². The van der Waals surface area contributed by atoms with Crippen LogP contribution in [0, 0.1) is 5.41 Å². The van der Waals surface area contributed by atoms with Gasteiger partial charge in [-0.25, -0.2) is 0 Å². The van der Waals surface area contributed by atoms with Crippen molar-refractivity contribution in [2.75, 3.05) is 26.7 Å². The molecule has 1 aromatic rings. The van der Waals surface area contributed by atoms with Crippen molar-refractivity contribution in [3.8, 4) is 5.75 Å². The fraction of sp³-hybridized carbons (Fsp3) is 0.680. The van der Waals surface area contributed by atoms with Gasteiger partial charge >= 0.3 is 0 Å². The summed E-state index contributed by atoms with van der Waals surface area (Å²) < 4.78 is 6.19. The summed E-state index contributed by atoms with van der Waals surface area (Å²) >= 11 is 0. The lowest BCUT2D eigenvalue weighted by atomic mass is 9.74. The van der Waals surface area contributed by atoms with Gasteiger partial charge in [0.1, 0.15) is 11.9 Å². The first kappa shape index (κ1) is 22.1. The molecule has 2 saturated heterocycles. The predicted octanol–water partition coefficient (Wildman–Crippen LogP) is 3.22. The van der Waals surface area contributed by atoms with Gasteiger partial charge in [0.2, 0.25) is 11.8 Å². The van der Waals surface area contributed by atoms with E-state index in [-0.39, 0.29) is 23.5 Å². The topological polar surface area (TPSA) is 61.9 Å². The van der Waals surface area contributed by atoms with Crippen LogP contribution in [-0.2, 0) is 9.59 Å². The highest BCUT2D eigenvalue weighted by Gasteiger charge is 2.44. The third-order valence-electron chi connectivity index (χ3n) is 7.59. The van der Waals surface area contributed by atoms with E-state index in [2.05, 4.69) is 22.0 Å². The second kappa shape index (κ2) is 9.60. The zero-order chi connectivity index (χ0) is 21.8. The Morgan fingerprint density at radius 2 is 1.74 bits per heavy atom. The molecule has 1 N–H and O–H groups in total. The molecule has 2 amide bonds. The van der Waals surface area contributed by atoms with E-state index in [1.807, 2.05) is 30.3 Å². The van der Waals surface area contributed by atoms with E-state index in [1.165, 1.54) is 19.3 Å². The number of para-hydroxylation sites is 1. The van der Waals surface area contributed by atoms with Crippen LogP contribution in [0.1, 0.15) is 58.3 Å².